The molecule has 0 bridgehead atoms. The molecule has 15 heteroatoms. The molecular formula is C33H74N5O9P+2. The van der Waals surface area contributed by atoms with Crippen LogP contribution in [0.15, 0.2) is 0 Å². The van der Waals surface area contributed by atoms with E-state index in [9.17, 15) is 23.8 Å². The molecule has 2 N–H and O–H groups in total. The molecular weight excluding hydrogens is 641 g/mol. The highest BCUT2D eigenvalue weighted by Crippen LogP contribution is 2.41. The lowest BCUT2D eigenvalue weighted by Crippen LogP contribution is -2.61. The first-order valence-electron chi connectivity index (χ1n) is 17.6. The minimum absolute atomic E-state index is 0.00603. The van der Waals surface area contributed by atoms with Gasteiger partial charge in [0.25, 0.3) is 0 Å². The van der Waals surface area contributed by atoms with Gasteiger partial charge in [0.05, 0.1) is 75.1 Å². The van der Waals surface area contributed by atoms with Crippen LogP contribution in [0.25, 0.3) is 0 Å². The zero-order valence-corrected chi connectivity index (χ0v) is 33.9. The number of carbonyl (C=O) groups excluding carboxylic acids is 3. The highest BCUT2D eigenvalue weighted by atomic mass is 31.2. The summed E-state index contributed by atoms with van der Waals surface area (Å²) in [5.41, 5.74) is 0. The number of ether oxygens (including phenoxy) is 2. The van der Waals surface area contributed by atoms with E-state index in [-0.39, 0.29) is 37.5 Å². The van der Waals surface area contributed by atoms with Crippen molar-refractivity contribution in [2.24, 2.45) is 0 Å². The normalized spacial score (nSPS) is 16.5. The Morgan fingerprint density at radius 3 is 1.83 bits per heavy atom. The van der Waals surface area contributed by atoms with Crippen LogP contribution in [0.2, 0.25) is 0 Å². The van der Waals surface area contributed by atoms with Crippen molar-refractivity contribution in [3.05, 3.63) is 0 Å². The molecule has 1 rings (SSSR count). The quantitative estimate of drug-likeness (QED) is 0.110. The first-order chi connectivity index (χ1) is 22.5. The standard InChI is InChI=1S/C27H54N5O9P.3C2H6/c1-31(2,3)17-9-12-25(33)29-15-16-30(26(34)13-10-18-32(4,5)6)24(20-29)27(35)28-14-11-19-40-21-23(38-7)22-41-42(36,37)39-8;3*1-2/h23-24H,9-22H2,1-8H3;3*1-2H3/p+2. The van der Waals surface area contributed by atoms with E-state index in [1.807, 2.05) is 41.5 Å². The molecule has 0 spiro atoms. The summed E-state index contributed by atoms with van der Waals surface area (Å²) in [5, 5.41) is 2.90. The fraction of sp³-hybridized carbons (Fsp3) is 0.909. The van der Waals surface area contributed by atoms with Gasteiger partial charge in [-0.15, -0.1) is 0 Å². The van der Waals surface area contributed by atoms with Gasteiger partial charge in [-0.25, -0.2) is 4.57 Å². The molecule has 0 radical (unpaired) electrons. The number of rotatable bonds is 20. The molecule has 3 unspecified atom stereocenters. The smallest absolute Gasteiger partial charge is 0.379 e. The Morgan fingerprint density at radius 2 is 1.35 bits per heavy atom. The van der Waals surface area contributed by atoms with Gasteiger partial charge in [0.1, 0.15) is 12.1 Å². The number of nitrogens with one attached hydrogen (secondary N) is 1. The van der Waals surface area contributed by atoms with Gasteiger partial charge < -0.3 is 38.4 Å². The third-order valence-corrected chi connectivity index (χ3v) is 7.79. The summed E-state index contributed by atoms with van der Waals surface area (Å²) in [7, 11) is 10.9. The zero-order valence-electron chi connectivity index (χ0n) is 33.0. The molecule has 3 atom stereocenters. The Hall–Kier alpha value is -1.64. The lowest BCUT2D eigenvalue weighted by Gasteiger charge is -2.41. The van der Waals surface area contributed by atoms with Crippen LogP contribution in [0.1, 0.15) is 73.6 Å². The zero-order chi connectivity index (χ0) is 38.0. The number of carbonyl (C=O) groups is 3. The number of hydrogen-bond acceptors (Lipinski definition) is 8. The summed E-state index contributed by atoms with van der Waals surface area (Å²) in [6.45, 7) is 15.2. The number of quaternary nitrogens is 2. The number of phosphoric ester groups is 1. The molecule has 0 saturated carbocycles. The van der Waals surface area contributed by atoms with Crippen molar-refractivity contribution >= 4 is 25.5 Å². The SMILES string of the molecule is CC.CC.CC.COC(COCCCNC(=O)C1CN(C(=O)CCC[N+](C)(C)C)CCN1C(=O)CCC[N+](C)(C)C)COP(=O)(O)OC. The van der Waals surface area contributed by atoms with Gasteiger partial charge in [-0.3, -0.25) is 23.4 Å². The number of amides is 3. The molecule has 0 aromatic rings. The van der Waals surface area contributed by atoms with E-state index in [1.54, 1.807) is 9.80 Å². The van der Waals surface area contributed by atoms with Gasteiger partial charge in [-0.1, -0.05) is 41.5 Å². The molecule has 3 amide bonds. The Bertz CT molecular complexity index is 898. The average Bonchev–Trinajstić information content (AvgIpc) is 3.05. The number of methoxy groups -OCH3 is 1. The van der Waals surface area contributed by atoms with E-state index < -0.39 is 20.0 Å². The highest BCUT2D eigenvalue weighted by Gasteiger charge is 2.36. The number of phosphoric acid groups is 1. The largest absolute Gasteiger partial charge is 0.472 e. The Balaban J connectivity index is -0.00000318. The summed E-state index contributed by atoms with van der Waals surface area (Å²) in [5.74, 6) is -0.357. The number of hydrogen-bond donors (Lipinski definition) is 2. The van der Waals surface area contributed by atoms with Crippen molar-refractivity contribution in [1.82, 2.24) is 15.1 Å². The van der Waals surface area contributed by atoms with E-state index in [1.165, 1.54) is 7.11 Å². The van der Waals surface area contributed by atoms with Crippen molar-refractivity contribution in [3.63, 3.8) is 0 Å². The third-order valence-electron chi connectivity index (χ3n) is 6.85. The first-order valence-corrected chi connectivity index (χ1v) is 19.1. The predicted octanol–water partition coefficient (Wildman–Crippen LogP) is 3.38. The molecule has 0 aromatic carbocycles. The molecule has 14 nitrogen and oxygen atoms in total. The average molecular weight is 716 g/mol. The number of piperazine rings is 1. The highest BCUT2D eigenvalue weighted by molar-refractivity contribution is 7.47. The maximum Gasteiger partial charge on any atom is 0.472 e. The topological polar surface area (TPSA) is 144 Å². The Morgan fingerprint density at radius 1 is 0.833 bits per heavy atom. The van der Waals surface area contributed by atoms with Gasteiger partial charge in [-0.05, 0) is 6.42 Å². The van der Waals surface area contributed by atoms with Gasteiger partial charge in [0, 0.05) is 66.1 Å². The summed E-state index contributed by atoms with van der Waals surface area (Å²) in [6, 6.07) is -0.747. The fourth-order valence-electron chi connectivity index (χ4n) is 4.38. The van der Waals surface area contributed by atoms with Crippen molar-refractivity contribution in [2.45, 2.75) is 85.8 Å². The Labute approximate surface area is 293 Å². The first kappa shape index (κ1) is 50.7. The van der Waals surface area contributed by atoms with Crippen LogP contribution in [0.4, 0.5) is 0 Å². The molecule has 0 aromatic heterocycles. The molecule has 288 valence electrons. The van der Waals surface area contributed by atoms with Crippen LogP contribution >= 0.6 is 7.82 Å². The maximum atomic E-state index is 13.3. The van der Waals surface area contributed by atoms with Crippen LogP contribution in [0.3, 0.4) is 0 Å². The van der Waals surface area contributed by atoms with E-state index >= 15 is 0 Å². The second kappa shape index (κ2) is 28.1. The van der Waals surface area contributed by atoms with Gasteiger partial charge >= 0.3 is 7.82 Å². The molecule has 1 aliphatic heterocycles. The molecule has 1 aliphatic rings. The Kier molecular flexibility index (Phi) is 29.7. The second-order valence-corrected chi connectivity index (χ2v) is 14.3. The minimum Gasteiger partial charge on any atom is -0.379 e. The number of nitrogens with zero attached hydrogens (tertiary/aromatic N) is 4. The van der Waals surface area contributed by atoms with Crippen molar-refractivity contribution in [3.8, 4) is 0 Å². The molecule has 1 heterocycles. The van der Waals surface area contributed by atoms with Crippen LogP contribution in [-0.4, -0.2) is 169 Å². The lowest BCUT2D eigenvalue weighted by molar-refractivity contribution is -0.870. The van der Waals surface area contributed by atoms with Crippen molar-refractivity contribution in [2.75, 3.05) is 116 Å². The summed E-state index contributed by atoms with van der Waals surface area (Å²) < 4.78 is 32.9. The minimum atomic E-state index is -4.10. The van der Waals surface area contributed by atoms with Crippen molar-refractivity contribution < 1.29 is 51.3 Å². The van der Waals surface area contributed by atoms with Crippen LogP contribution in [0, 0.1) is 0 Å². The molecule has 1 saturated heterocycles. The monoisotopic (exact) mass is 716 g/mol. The molecule has 0 aliphatic carbocycles. The van der Waals surface area contributed by atoms with Crippen molar-refractivity contribution in [1.29, 1.82) is 0 Å². The van der Waals surface area contributed by atoms with Crippen LogP contribution in [-0.2, 0) is 37.5 Å². The maximum absolute atomic E-state index is 13.3. The molecule has 48 heavy (non-hydrogen) atoms. The fourth-order valence-corrected chi connectivity index (χ4v) is 4.84. The lowest BCUT2D eigenvalue weighted by atomic mass is 10.1. The van der Waals surface area contributed by atoms with Crippen LogP contribution < -0.4 is 5.32 Å². The van der Waals surface area contributed by atoms with Crippen LogP contribution in [0.5, 0.6) is 0 Å². The summed E-state index contributed by atoms with van der Waals surface area (Å²) in [4.78, 5) is 52.0. The van der Waals surface area contributed by atoms with E-state index in [4.69, 9.17) is 14.0 Å². The summed E-state index contributed by atoms with van der Waals surface area (Å²) in [6.07, 6.45) is 2.16. The molecule has 1 fully saturated rings. The van der Waals surface area contributed by atoms with Gasteiger partial charge in [-0.2, -0.15) is 0 Å². The van der Waals surface area contributed by atoms with E-state index in [0.717, 1.165) is 35.6 Å². The summed E-state index contributed by atoms with van der Waals surface area (Å²) >= 11 is 0. The van der Waals surface area contributed by atoms with Gasteiger partial charge in [0.2, 0.25) is 17.7 Å². The van der Waals surface area contributed by atoms with E-state index in [2.05, 4.69) is 52.1 Å². The van der Waals surface area contributed by atoms with E-state index in [0.29, 0.717) is 51.9 Å². The third kappa shape index (κ3) is 25.3. The second-order valence-electron chi connectivity index (χ2n) is 12.7. The van der Waals surface area contributed by atoms with Gasteiger partial charge in [0.15, 0.2) is 0 Å². The predicted molar refractivity (Wildman–Crippen MR) is 192 cm³/mol.